The minimum Gasteiger partial charge on any atom is 0 e. The molecule has 1 aliphatic heterocycles. The summed E-state index contributed by atoms with van der Waals surface area (Å²) in [5.41, 5.74) is 13.6. The van der Waals surface area contributed by atoms with Gasteiger partial charge in [0, 0.05) is 52.8 Å². The molecule has 0 fully saturated rings. The summed E-state index contributed by atoms with van der Waals surface area (Å²) in [7, 11) is 2.25. The summed E-state index contributed by atoms with van der Waals surface area (Å²) in [5.74, 6) is 7.04. The number of hydrogen-bond acceptors (Lipinski definition) is 3. The third kappa shape index (κ3) is 9.30. The number of rotatable bonds is 8. The number of thiophene rings is 1. The maximum atomic E-state index is 16.7. The van der Waals surface area contributed by atoms with Crippen molar-refractivity contribution in [3.63, 3.8) is 0 Å². The first-order valence-corrected chi connectivity index (χ1v) is 34.1. The Morgan fingerprint density at radius 2 is 1.22 bits per heavy atom. The third-order valence-electron chi connectivity index (χ3n) is 15.0. The summed E-state index contributed by atoms with van der Waals surface area (Å²) >= 11 is -0.225. The molecule has 0 N–H and O–H groups in total. The fourth-order valence-electron chi connectivity index (χ4n) is 11.2. The van der Waals surface area contributed by atoms with Crippen molar-refractivity contribution in [1.82, 2.24) is 9.47 Å². The molecule has 0 bridgehead atoms. The van der Waals surface area contributed by atoms with Crippen LogP contribution in [0.4, 0.5) is 21.5 Å². The second-order valence-corrected chi connectivity index (χ2v) is 32.8. The fraction of sp³-hybridized carbons (Fsp3) is 0.114. The number of fused-ring (bicyclic) bond motifs is 9. The maximum Gasteiger partial charge on any atom is 0 e. The van der Waals surface area contributed by atoms with Crippen molar-refractivity contribution < 1.29 is 25.9 Å². The Bertz CT molecular complexity index is 4270. The van der Waals surface area contributed by atoms with E-state index in [1.165, 1.54) is 36.6 Å². The molecule has 0 saturated carbocycles. The molecule has 379 valence electrons. The van der Waals surface area contributed by atoms with Crippen LogP contribution < -0.4 is 8.88 Å². The van der Waals surface area contributed by atoms with E-state index in [-0.39, 0.29) is 30.4 Å². The Labute approximate surface area is 473 Å². The first-order valence-electron chi connectivity index (χ1n) is 26.4. The van der Waals surface area contributed by atoms with Crippen molar-refractivity contribution in [3.05, 3.63) is 247 Å². The van der Waals surface area contributed by atoms with Crippen LogP contribution in [0.25, 0.3) is 86.4 Å². The van der Waals surface area contributed by atoms with E-state index < -0.39 is 19.2 Å². The zero-order valence-corrected chi connectivity index (χ0v) is 49.5. The molecule has 3 nitrogen and oxygen atoms in total. The number of aryl methyl sites for hydroxylation is 1. The van der Waals surface area contributed by atoms with Gasteiger partial charge in [0.1, 0.15) is 17.2 Å². The summed E-state index contributed by atoms with van der Waals surface area (Å²) in [4.78, 5) is 10.4. The molecule has 10 aromatic carbocycles. The van der Waals surface area contributed by atoms with Gasteiger partial charge in [-0.05, 0) is 61.3 Å². The van der Waals surface area contributed by atoms with Crippen LogP contribution in [0.2, 0.25) is 17.3 Å². The van der Waals surface area contributed by atoms with E-state index in [0.29, 0.717) is 5.56 Å². The van der Waals surface area contributed by atoms with E-state index in [4.69, 9.17) is 6.36 Å². The van der Waals surface area contributed by atoms with E-state index in [9.17, 15) is 0 Å². The van der Waals surface area contributed by atoms with Gasteiger partial charge in [-0.2, -0.15) is 11.3 Å². The molecule has 1 radical (unpaired) electrons. The number of aromatic nitrogens is 1. The zero-order valence-electron chi connectivity index (χ0n) is 45.2. The zero-order chi connectivity index (χ0) is 53.2. The molecular weight excluding hydrogens is 1200 g/mol. The minimum absolute atomic E-state index is 0. The van der Waals surface area contributed by atoms with Gasteiger partial charge < -0.3 is 0 Å². The molecule has 1 atom stereocenters. The molecule has 1 unspecified atom stereocenters. The van der Waals surface area contributed by atoms with Crippen LogP contribution in [0.3, 0.4) is 0 Å². The first kappa shape index (κ1) is 50.6. The predicted octanol–water partition coefficient (Wildman–Crippen LogP) is 19.2. The van der Waals surface area contributed by atoms with Crippen LogP contribution in [0.5, 0.6) is 0 Å². The van der Waals surface area contributed by atoms with E-state index in [1.54, 1.807) is 17.4 Å². The number of aliphatic imine (C=N–C) groups is 1. The second kappa shape index (κ2) is 21.0. The Hall–Kier alpha value is -7.16. The molecule has 12 aromatic rings. The Kier molecular flexibility index (Phi) is 13.8. The van der Waals surface area contributed by atoms with Gasteiger partial charge in [0.15, 0.2) is 11.5 Å². The van der Waals surface area contributed by atoms with Gasteiger partial charge in [-0.1, -0.05) is 163 Å². The molecule has 77 heavy (non-hydrogen) atoms. The normalized spacial score (nSPS) is 14.4. The monoisotopic (exact) mass is 1260 g/mol. The Balaban J connectivity index is 0.000000261. The van der Waals surface area contributed by atoms with Gasteiger partial charge in [-0.25, -0.2) is 13.9 Å². The van der Waals surface area contributed by atoms with Gasteiger partial charge >= 0.3 is 120 Å². The summed E-state index contributed by atoms with van der Waals surface area (Å²) in [5, 5.41) is 6.96. The summed E-state index contributed by atoms with van der Waals surface area (Å²) in [6.07, 6.45) is 2.00. The van der Waals surface area contributed by atoms with Crippen molar-refractivity contribution in [2.75, 3.05) is 7.05 Å². The number of pyridine rings is 1. The number of quaternary nitrogens is 1. The first-order chi connectivity index (χ1) is 37.2. The van der Waals surface area contributed by atoms with Crippen LogP contribution in [-0.4, -0.2) is 31.1 Å². The standard InChI is InChI=1S/C53H35FN2S.C17H22GeN.Ir/c1-33-26-28-43(52-49(33)42-29-27-37(30-48(42)57-52)34-16-6-3-7-17-34)53-55-50-40-24-14-12-22-38(40)39-23-13-15-25-41(39)51(50)56(53,2)47-32-44(35-18-8-4-9-19-35)46(54)31-45(47)36-20-10-5-11-21-36;1-13(2)15-11-17(14-9-7-6-8-10-14)19-12-16(15)18(3,4)5;/h3-27,29-32H,1-2H3;6-9,11-13H,1-5H3;/q;-1;/i;13D;. The van der Waals surface area contributed by atoms with Gasteiger partial charge in [-0.15, -0.1) is 17.7 Å². The van der Waals surface area contributed by atoms with Crippen LogP contribution in [0, 0.1) is 24.9 Å². The molecule has 7 heteroatoms. The molecule has 0 spiro atoms. The molecule has 0 saturated heterocycles. The fourth-order valence-corrected chi connectivity index (χ4v) is 15.9. The second-order valence-electron chi connectivity index (χ2n) is 21.2. The average molecular weight is 1260 g/mol. The number of hydrogen-bond donors (Lipinski definition) is 0. The van der Waals surface area contributed by atoms with Gasteiger partial charge in [-0.3, -0.25) is 0 Å². The quantitative estimate of drug-likeness (QED) is 0.0644. The molecule has 13 rings (SSSR count). The molecule has 0 aliphatic carbocycles. The van der Waals surface area contributed by atoms with Gasteiger partial charge in [0.05, 0.1) is 7.05 Å². The topological polar surface area (TPSA) is 25.2 Å². The summed E-state index contributed by atoms with van der Waals surface area (Å²) in [6.45, 7) is 6.09. The smallest absolute Gasteiger partial charge is 0 e. The number of nitrogens with zero attached hydrogens (tertiary/aromatic N) is 3. The van der Waals surface area contributed by atoms with Crippen LogP contribution >= 0.6 is 11.3 Å². The maximum absolute atomic E-state index is 16.7. The number of halogens is 1. The van der Waals surface area contributed by atoms with Crippen LogP contribution in [-0.2, 0) is 20.1 Å². The van der Waals surface area contributed by atoms with Crippen molar-refractivity contribution in [3.8, 4) is 44.6 Å². The molecule has 0 amide bonds. The van der Waals surface area contributed by atoms with Crippen molar-refractivity contribution in [1.29, 1.82) is 0 Å². The van der Waals surface area contributed by atoms with Crippen molar-refractivity contribution >= 4 is 93.6 Å². The number of amidine groups is 1. The van der Waals surface area contributed by atoms with E-state index >= 15 is 4.39 Å². The molecular formula is C70H57FGeIrN3S-. The molecule has 1 aliphatic rings. The third-order valence-corrected chi connectivity index (χ3v) is 20.4. The summed E-state index contributed by atoms with van der Waals surface area (Å²) < 4.78 is 29.0. The Morgan fingerprint density at radius 3 is 1.86 bits per heavy atom. The number of benzene rings is 10. The summed E-state index contributed by atoms with van der Waals surface area (Å²) in [6, 6.07) is 77.6. The Morgan fingerprint density at radius 1 is 0.623 bits per heavy atom. The van der Waals surface area contributed by atoms with Crippen molar-refractivity contribution in [2.45, 2.75) is 43.9 Å². The van der Waals surface area contributed by atoms with Crippen LogP contribution in [0.15, 0.2) is 217 Å². The average Bonchev–Trinajstić information content (AvgIpc) is 4.09. The van der Waals surface area contributed by atoms with Crippen molar-refractivity contribution in [2.24, 2.45) is 4.99 Å². The molecule has 3 heterocycles. The minimum atomic E-state index is -2.03. The molecule has 2 aromatic heterocycles. The van der Waals surface area contributed by atoms with Gasteiger partial charge in [0.25, 0.3) is 0 Å². The predicted molar refractivity (Wildman–Crippen MR) is 326 cm³/mol. The largest absolute Gasteiger partial charge is 0 e. The van der Waals surface area contributed by atoms with E-state index in [2.05, 4.69) is 176 Å². The van der Waals surface area contributed by atoms with E-state index in [0.717, 1.165) is 88.2 Å². The van der Waals surface area contributed by atoms with E-state index in [1.807, 2.05) is 92.8 Å². The van der Waals surface area contributed by atoms with Gasteiger partial charge in [0.2, 0.25) is 0 Å². The van der Waals surface area contributed by atoms with Crippen LogP contribution in [0.1, 0.15) is 37.8 Å². The SMILES string of the molecule is Cc1c[c-]c(C2=Nc3c(c4ccccc4c4ccccc34)[N+]2(C)c2cc(-c3ccccc3)c(F)cc2-c2ccccc2)c2sc3cc(-c4ccccc4)ccc3c12.[2H]C(C)(C)c1cc(-c2[c-]cccc2)nc[c]1[Ge]([CH3])([CH3])[CH3].[Ir].